The highest BCUT2D eigenvalue weighted by Crippen LogP contribution is 2.13. The molecule has 0 atom stereocenters. The van der Waals surface area contributed by atoms with Crippen molar-refractivity contribution >= 4 is 15.9 Å². The molecule has 0 fully saturated rings. The number of hydrogen-bond acceptors (Lipinski definition) is 3. The van der Waals surface area contributed by atoms with Crippen LogP contribution in [-0.4, -0.2) is 14.8 Å². The summed E-state index contributed by atoms with van der Waals surface area (Å²) < 4.78 is 2.41. The molecular weight excluding hydrogens is 244 g/mol. The van der Waals surface area contributed by atoms with Gasteiger partial charge in [0.1, 0.15) is 6.07 Å². The van der Waals surface area contributed by atoms with Crippen LogP contribution in [0.5, 0.6) is 0 Å². The van der Waals surface area contributed by atoms with Gasteiger partial charge >= 0.3 is 0 Å². The van der Waals surface area contributed by atoms with Gasteiger partial charge in [0, 0.05) is 12.4 Å². The first-order chi connectivity index (χ1) is 6.81. The van der Waals surface area contributed by atoms with Gasteiger partial charge in [0.25, 0.3) is 0 Å². The Kier molecular flexibility index (Phi) is 2.29. The molecule has 0 amide bonds. The highest BCUT2D eigenvalue weighted by molar-refractivity contribution is 9.10. The molecule has 68 valence electrons. The smallest absolute Gasteiger partial charge is 0.171 e. The van der Waals surface area contributed by atoms with Crippen molar-refractivity contribution < 1.29 is 0 Å². The van der Waals surface area contributed by atoms with E-state index in [1.54, 1.807) is 35.4 Å². The molecule has 0 aromatic carbocycles. The van der Waals surface area contributed by atoms with Crippen molar-refractivity contribution in [3.05, 3.63) is 40.8 Å². The van der Waals surface area contributed by atoms with E-state index in [-0.39, 0.29) is 0 Å². The Balaban J connectivity index is 2.57. The second-order valence-corrected chi connectivity index (χ2v) is 3.51. The average Bonchev–Trinajstić information content (AvgIpc) is 2.65. The topological polar surface area (TPSA) is 54.5 Å². The summed E-state index contributed by atoms with van der Waals surface area (Å²) >= 11 is 3.28. The van der Waals surface area contributed by atoms with Gasteiger partial charge in [-0.25, -0.2) is 9.67 Å². The molecular formula is C9H5BrN4. The molecule has 2 aromatic rings. The monoisotopic (exact) mass is 248 g/mol. The summed E-state index contributed by atoms with van der Waals surface area (Å²) in [5.74, 6) is 0.542. The van der Waals surface area contributed by atoms with Crippen LogP contribution in [-0.2, 0) is 0 Å². The van der Waals surface area contributed by atoms with Crippen molar-refractivity contribution in [3.8, 4) is 11.9 Å². The van der Waals surface area contributed by atoms with Crippen LogP contribution in [0, 0.1) is 11.3 Å². The van der Waals surface area contributed by atoms with Gasteiger partial charge in [-0.3, -0.25) is 0 Å². The number of pyridine rings is 1. The van der Waals surface area contributed by atoms with Gasteiger partial charge in [0.05, 0.1) is 16.2 Å². The summed E-state index contributed by atoms with van der Waals surface area (Å²) in [6.45, 7) is 0. The molecule has 0 spiro atoms. The van der Waals surface area contributed by atoms with Crippen molar-refractivity contribution in [1.82, 2.24) is 14.8 Å². The Hall–Kier alpha value is -1.67. The van der Waals surface area contributed by atoms with E-state index < -0.39 is 0 Å². The summed E-state index contributed by atoms with van der Waals surface area (Å²) in [6.07, 6.45) is 5.03. The minimum atomic E-state index is 0.503. The van der Waals surface area contributed by atoms with Gasteiger partial charge in [-0.05, 0) is 28.1 Å². The molecule has 5 heteroatoms. The van der Waals surface area contributed by atoms with Crippen molar-refractivity contribution in [3.63, 3.8) is 0 Å². The predicted octanol–water partition coefficient (Wildman–Crippen LogP) is 1.90. The Labute approximate surface area is 88.9 Å². The second kappa shape index (κ2) is 3.60. The lowest BCUT2D eigenvalue weighted by molar-refractivity contribution is 0.843. The second-order valence-electron chi connectivity index (χ2n) is 2.59. The third-order valence-electron chi connectivity index (χ3n) is 1.68. The molecule has 0 radical (unpaired) electrons. The highest BCUT2D eigenvalue weighted by atomic mass is 79.9. The molecule has 0 saturated heterocycles. The number of rotatable bonds is 1. The van der Waals surface area contributed by atoms with Crippen LogP contribution in [0.15, 0.2) is 35.2 Å². The van der Waals surface area contributed by atoms with Gasteiger partial charge in [-0.2, -0.15) is 10.4 Å². The van der Waals surface area contributed by atoms with Crippen LogP contribution in [0.25, 0.3) is 5.82 Å². The van der Waals surface area contributed by atoms with Crippen LogP contribution in [0.4, 0.5) is 0 Å². The zero-order valence-corrected chi connectivity index (χ0v) is 8.64. The molecule has 2 heterocycles. The lowest BCUT2D eigenvalue weighted by Crippen LogP contribution is -2.00. The summed E-state index contributed by atoms with van der Waals surface area (Å²) in [7, 11) is 0. The van der Waals surface area contributed by atoms with Gasteiger partial charge in [-0.1, -0.05) is 0 Å². The Bertz CT molecular complexity index is 498. The van der Waals surface area contributed by atoms with Crippen molar-refractivity contribution in [2.75, 3.05) is 0 Å². The van der Waals surface area contributed by atoms with E-state index in [0.29, 0.717) is 11.4 Å². The van der Waals surface area contributed by atoms with Crippen LogP contribution in [0.2, 0.25) is 0 Å². The molecule has 0 aliphatic rings. The Morgan fingerprint density at radius 2 is 2.36 bits per heavy atom. The van der Waals surface area contributed by atoms with Crippen LogP contribution in [0.3, 0.4) is 0 Å². The fourth-order valence-electron chi connectivity index (χ4n) is 1.08. The first-order valence-electron chi connectivity index (χ1n) is 3.87. The average molecular weight is 249 g/mol. The summed E-state index contributed by atoms with van der Waals surface area (Å²) in [5, 5.41) is 12.9. The Morgan fingerprint density at radius 3 is 3.00 bits per heavy atom. The Morgan fingerprint density at radius 1 is 1.50 bits per heavy atom. The quantitative estimate of drug-likeness (QED) is 0.775. The third-order valence-corrected chi connectivity index (χ3v) is 2.08. The lowest BCUT2D eigenvalue weighted by atomic mass is 10.3. The van der Waals surface area contributed by atoms with Crippen LogP contribution >= 0.6 is 15.9 Å². The van der Waals surface area contributed by atoms with Crippen LogP contribution in [0.1, 0.15) is 5.56 Å². The largest absolute Gasteiger partial charge is 0.236 e. The third kappa shape index (κ3) is 1.52. The maximum atomic E-state index is 8.84. The van der Waals surface area contributed by atoms with E-state index in [4.69, 9.17) is 5.26 Å². The zero-order chi connectivity index (χ0) is 9.97. The number of aromatic nitrogens is 3. The summed E-state index contributed by atoms with van der Waals surface area (Å²) in [6, 6.07) is 5.49. The van der Waals surface area contributed by atoms with E-state index in [1.807, 2.05) is 0 Å². The van der Waals surface area contributed by atoms with E-state index in [0.717, 1.165) is 4.47 Å². The molecule has 2 rings (SSSR count). The maximum Gasteiger partial charge on any atom is 0.171 e. The molecule has 0 bridgehead atoms. The maximum absolute atomic E-state index is 8.84. The summed E-state index contributed by atoms with van der Waals surface area (Å²) in [5.41, 5.74) is 0.503. The highest BCUT2D eigenvalue weighted by Gasteiger charge is 2.05. The van der Waals surface area contributed by atoms with E-state index >= 15 is 0 Å². The predicted molar refractivity (Wildman–Crippen MR) is 53.8 cm³/mol. The number of nitriles is 1. The van der Waals surface area contributed by atoms with Crippen molar-refractivity contribution in [2.45, 2.75) is 0 Å². The number of hydrogen-bond donors (Lipinski definition) is 0. The molecule has 2 aromatic heterocycles. The number of halogens is 1. The zero-order valence-electron chi connectivity index (χ0n) is 7.05. The SMILES string of the molecule is N#Cc1cccnc1-n1cc(Br)cn1. The molecule has 0 unspecified atom stereocenters. The molecule has 0 saturated carbocycles. The van der Waals surface area contributed by atoms with Gasteiger partial charge in [0.2, 0.25) is 0 Å². The minimum absolute atomic E-state index is 0.503. The van der Waals surface area contributed by atoms with Crippen LogP contribution < -0.4 is 0 Å². The van der Waals surface area contributed by atoms with Gasteiger partial charge in [-0.15, -0.1) is 0 Å². The fraction of sp³-hybridized carbons (Fsp3) is 0. The molecule has 0 aliphatic heterocycles. The molecule has 0 N–H and O–H groups in total. The molecule has 14 heavy (non-hydrogen) atoms. The first kappa shape index (κ1) is 8.91. The molecule has 0 aliphatic carbocycles. The van der Waals surface area contributed by atoms with E-state index in [9.17, 15) is 0 Å². The lowest BCUT2D eigenvalue weighted by Gasteiger charge is -2.00. The molecule has 4 nitrogen and oxygen atoms in total. The van der Waals surface area contributed by atoms with Crippen molar-refractivity contribution in [2.24, 2.45) is 0 Å². The fourth-order valence-corrected chi connectivity index (χ4v) is 1.37. The minimum Gasteiger partial charge on any atom is -0.236 e. The standard InChI is InChI=1S/C9H5BrN4/c10-8-5-13-14(6-8)9-7(4-11)2-1-3-12-9/h1-3,5-6H. The van der Waals surface area contributed by atoms with E-state index in [1.165, 1.54) is 0 Å². The summed E-state index contributed by atoms with van der Waals surface area (Å²) in [4.78, 5) is 4.09. The first-order valence-corrected chi connectivity index (χ1v) is 4.66. The van der Waals surface area contributed by atoms with Gasteiger partial charge in [0.15, 0.2) is 5.82 Å². The van der Waals surface area contributed by atoms with E-state index in [2.05, 4.69) is 32.1 Å². The number of nitrogens with zero attached hydrogens (tertiary/aromatic N) is 4. The van der Waals surface area contributed by atoms with Crippen molar-refractivity contribution in [1.29, 1.82) is 5.26 Å². The van der Waals surface area contributed by atoms with Gasteiger partial charge < -0.3 is 0 Å². The normalized spacial score (nSPS) is 9.71.